The van der Waals surface area contributed by atoms with Crippen LogP contribution in [0.15, 0.2) is 48.5 Å². The molecule has 0 bridgehead atoms. The van der Waals surface area contributed by atoms with Gasteiger partial charge in [0.25, 0.3) is 0 Å². The summed E-state index contributed by atoms with van der Waals surface area (Å²) in [5, 5.41) is 4.49. The fourth-order valence-corrected chi connectivity index (χ4v) is 164. The summed E-state index contributed by atoms with van der Waals surface area (Å²) < 4.78 is 8.48. The Balaban J connectivity index is 3.11. The van der Waals surface area contributed by atoms with Gasteiger partial charge < -0.3 is 0 Å². The second-order valence-corrected chi connectivity index (χ2v) is 168. The summed E-state index contributed by atoms with van der Waals surface area (Å²) in [7, 11) is -33.7. The molecule has 660 valence electrons. The van der Waals surface area contributed by atoms with Crippen molar-refractivity contribution in [1.82, 2.24) is 0 Å². The molecule has 116 heavy (non-hydrogen) atoms. The molecule has 0 fully saturated rings. The van der Waals surface area contributed by atoms with Crippen molar-refractivity contribution in [3.8, 4) is 0 Å². The van der Waals surface area contributed by atoms with Gasteiger partial charge >= 0.3 is 757 Å². The van der Waals surface area contributed by atoms with Crippen molar-refractivity contribution in [2.45, 2.75) is 460 Å². The topological polar surface area (TPSA) is 0 Å². The first kappa shape index (κ1) is 108. The van der Waals surface area contributed by atoms with Gasteiger partial charge in [-0.1, -0.05) is 0 Å². The maximum atomic E-state index is 3.14. The summed E-state index contributed by atoms with van der Waals surface area (Å²) in [6.45, 7) is 171. The number of hydrogen-bond acceptors (Lipinski definition) is 0. The van der Waals surface area contributed by atoms with Gasteiger partial charge in [-0.3, -0.25) is 0 Å². The first-order valence-electron chi connectivity index (χ1n) is 46.5. The standard InChI is InChI=1S/C98H196Ge2Si16/c1-95(2,3)69-61-73(87(101(13,14)15)102(16,17)18)81(74(62-69)88(103(19,20)21)104(22,23)24)85-86(82-75(89(105(25,26)27)106(28,29)30)63-70(96(4,5)6)64-76(82)90(107(31,32)33)108(34,35)36)100(84-79(93(113(49,50)51)114(52,53)54)67-72(98(10,11)12)68-80(84)94(115(55,56)57)116(58,59)60)99(85)83-77(91(109(37,38)39)110(40,41)42)65-71(97(7,8)9)66-78(83)92(111(43,44)45)112(46,47)48/h61-68,87-94H,1-60H3. The van der Waals surface area contributed by atoms with E-state index >= 15 is 0 Å². The van der Waals surface area contributed by atoms with Crippen LogP contribution in [-0.4, -0.2) is 153 Å². The van der Waals surface area contributed by atoms with Gasteiger partial charge in [-0.25, -0.2) is 0 Å². The Morgan fingerprint density at radius 3 is 0.353 bits per heavy atom. The van der Waals surface area contributed by atoms with Crippen molar-refractivity contribution in [3.63, 3.8) is 0 Å². The molecule has 0 saturated carbocycles. The predicted molar refractivity (Wildman–Crippen MR) is 594 cm³/mol. The monoisotopic (exact) mass is 1970 g/mol. The van der Waals surface area contributed by atoms with Gasteiger partial charge in [0.2, 0.25) is 0 Å². The van der Waals surface area contributed by atoms with E-state index in [0.29, 0.717) is 41.3 Å². The average molecular weight is 1970 g/mol. The summed E-state index contributed by atoms with van der Waals surface area (Å²) in [4.78, 5) is 0. The first-order valence-corrected chi connectivity index (χ1v) is 114. The minimum atomic E-state index is -3.24. The van der Waals surface area contributed by atoms with Crippen LogP contribution in [0.4, 0.5) is 0 Å². The Morgan fingerprint density at radius 2 is 0.259 bits per heavy atom. The predicted octanol–water partition coefficient (Wildman–Crippen LogP) is 32.5. The number of rotatable bonds is 28. The molecule has 0 unspecified atom stereocenters. The van der Waals surface area contributed by atoms with Crippen LogP contribution in [0.3, 0.4) is 0 Å². The van der Waals surface area contributed by atoms with E-state index in [1.165, 1.54) is 0 Å². The Bertz CT molecular complexity index is 3400. The van der Waals surface area contributed by atoms with Crippen molar-refractivity contribution in [2.75, 3.05) is 0 Å². The summed E-state index contributed by atoms with van der Waals surface area (Å²) in [6, 6.07) is 25.0. The number of benzene rings is 4. The molecule has 0 amide bonds. The molecule has 1 heterocycles. The molecular formula is C98H196Ge2Si16. The Hall–Kier alpha value is 1.18. The van der Waals surface area contributed by atoms with Crippen molar-refractivity contribution < 1.29 is 0 Å². The Kier molecular flexibility index (Phi) is 31.5. The normalized spacial score (nSPS) is 16.0. The summed E-state index contributed by atoms with van der Waals surface area (Å²) >= 11 is -6.49. The third-order valence-electron chi connectivity index (χ3n) is 26.6. The van der Waals surface area contributed by atoms with Gasteiger partial charge in [0.15, 0.2) is 0 Å². The first-order chi connectivity index (χ1) is 50.3. The van der Waals surface area contributed by atoms with Gasteiger partial charge in [0.1, 0.15) is 0 Å². The molecule has 0 saturated heterocycles. The minimum absolute atomic E-state index is 0.0358. The average Bonchev–Trinajstić information content (AvgIpc) is 0.668. The maximum absolute atomic E-state index is 3.24. The Labute approximate surface area is 749 Å². The fraction of sp³-hybridized carbons (Fsp3) is 0.735. The zero-order chi connectivity index (χ0) is 91.8. The second kappa shape index (κ2) is 33.9. The zero-order valence-electron chi connectivity index (χ0n) is 89.2. The van der Waals surface area contributed by atoms with E-state index in [9.17, 15) is 0 Å². The zero-order valence-corrected chi connectivity index (χ0v) is 109. The van der Waals surface area contributed by atoms with E-state index in [-0.39, 0.29) is 21.7 Å². The van der Waals surface area contributed by atoms with E-state index in [2.05, 4.69) is 463 Å². The molecule has 1 aliphatic heterocycles. The van der Waals surface area contributed by atoms with Crippen LogP contribution in [0, 0.1) is 0 Å². The summed E-state index contributed by atoms with van der Waals surface area (Å²) in [6.07, 6.45) is 0. The molecule has 0 N–H and O–H groups in total. The van der Waals surface area contributed by atoms with Crippen molar-refractivity contribution in [1.29, 1.82) is 0 Å². The van der Waals surface area contributed by atoms with E-state index < -0.39 is 153 Å². The van der Waals surface area contributed by atoms with Gasteiger partial charge in [-0.05, 0) is 0 Å². The molecule has 4 aromatic carbocycles. The van der Waals surface area contributed by atoms with E-state index in [1.807, 2.05) is 55.6 Å². The van der Waals surface area contributed by atoms with Crippen molar-refractivity contribution >= 4 is 170 Å². The van der Waals surface area contributed by atoms with Crippen LogP contribution in [0.25, 0.3) is 8.81 Å². The molecule has 0 aliphatic carbocycles. The van der Waals surface area contributed by atoms with Crippen LogP contribution in [-0.2, 0) is 21.7 Å². The molecule has 5 rings (SSSR count). The summed E-state index contributed by atoms with van der Waals surface area (Å²) in [5.41, 5.74) is 25.7. The molecule has 1 aliphatic rings. The second-order valence-electron chi connectivity index (χ2n) is 59.9. The molecule has 0 nitrogen and oxygen atoms in total. The van der Waals surface area contributed by atoms with E-state index in [1.54, 1.807) is 22.3 Å². The molecule has 0 aromatic heterocycles. The van der Waals surface area contributed by atoms with Crippen LogP contribution >= 0.6 is 0 Å². The third-order valence-corrected chi connectivity index (χ3v) is 128. The van der Waals surface area contributed by atoms with Crippen molar-refractivity contribution in [2.24, 2.45) is 0 Å². The number of hydrogen-bond donors (Lipinski definition) is 0. The van der Waals surface area contributed by atoms with Gasteiger partial charge in [-0.2, -0.15) is 0 Å². The van der Waals surface area contributed by atoms with Crippen LogP contribution in [0.1, 0.15) is 202 Å². The molecule has 0 atom stereocenters. The van der Waals surface area contributed by atoms with E-state index in [0.717, 1.165) is 0 Å². The Morgan fingerprint density at radius 1 is 0.164 bits per heavy atom. The van der Waals surface area contributed by atoms with Crippen LogP contribution < -0.4 is 8.79 Å². The van der Waals surface area contributed by atoms with Gasteiger partial charge in [0, 0.05) is 0 Å². The molecule has 0 spiro atoms. The van der Waals surface area contributed by atoms with Gasteiger partial charge in [-0.15, -0.1) is 0 Å². The fourth-order valence-electron chi connectivity index (χ4n) is 26.8. The molecule has 4 aromatic rings. The quantitative estimate of drug-likeness (QED) is 0.0497. The molecular weight excluding hydrogens is 1770 g/mol. The molecule has 0 radical (unpaired) electrons. The molecule has 18 heteroatoms. The SMILES string of the molecule is CC(C)(C)c1cc(C([Si](C)(C)C)[Si](C)(C)C)c([C]2=[C](c3c(C([Si](C)(C)C)[Si](C)(C)C)cc(C(C)(C)C)cc3C([Si](C)(C)C)[Si](C)(C)C)[Ge]([c]3c(C([Si](C)(C)C)[Si](C)(C)C)cc(C(C)(C)C)cc3C([Si](C)(C)C)[Si](C)(C)C)=[Ge]2[c]2c(C([Si](C)(C)C)[Si](C)(C)C)cc(C(C)(C)C)cc2C([Si](C)(C)C)[Si](C)(C)C)c(C([Si](C)(C)C)[Si](C)(C)C)c1. The van der Waals surface area contributed by atoms with Gasteiger partial charge in [0.05, 0.1) is 0 Å². The summed E-state index contributed by atoms with van der Waals surface area (Å²) in [5.74, 6) is 0. The third kappa shape index (κ3) is 24.2. The van der Waals surface area contributed by atoms with Crippen LogP contribution in [0.2, 0.25) is 314 Å². The van der Waals surface area contributed by atoms with E-state index in [4.69, 9.17) is 0 Å². The van der Waals surface area contributed by atoms with Crippen molar-refractivity contribution in [3.05, 3.63) is 126 Å². The van der Waals surface area contributed by atoms with Crippen LogP contribution in [0.5, 0.6) is 0 Å².